The molecule has 0 radical (unpaired) electrons. The van der Waals surface area contributed by atoms with E-state index in [1.165, 1.54) is 10.8 Å². The highest BCUT2D eigenvalue weighted by atomic mass is 19.1. The minimum absolute atomic E-state index is 0.154. The molecule has 1 aliphatic rings. The van der Waals surface area contributed by atoms with Gasteiger partial charge in [-0.15, -0.1) is 0 Å². The van der Waals surface area contributed by atoms with Gasteiger partial charge in [-0.1, -0.05) is 26.7 Å². The fourth-order valence-corrected chi connectivity index (χ4v) is 3.50. The minimum atomic E-state index is -1.87. The Morgan fingerprint density at radius 2 is 2.07 bits per heavy atom. The highest BCUT2D eigenvalue weighted by molar-refractivity contribution is 5.66. The smallest absolute Gasteiger partial charge is 0.231 e. The maximum absolute atomic E-state index is 15.7. The molecule has 0 unspecified atom stereocenters. The van der Waals surface area contributed by atoms with Crippen molar-refractivity contribution in [1.82, 2.24) is 14.6 Å². The van der Waals surface area contributed by atoms with Crippen LogP contribution in [0.5, 0.6) is 0 Å². The zero-order valence-corrected chi connectivity index (χ0v) is 16.9. The Morgan fingerprint density at radius 1 is 1.31 bits per heavy atom. The summed E-state index contributed by atoms with van der Waals surface area (Å²) in [5.41, 5.74) is 4.76. The molecule has 8 nitrogen and oxygen atoms in total. The fourth-order valence-electron chi connectivity index (χ4n) is 3.50. The molecule has 0 aromatic carbocycles. The van der Waals surface area contributed by atoms with Gasteiger partial charge in [0, 0.05) is 13.2 Å². The lowest BCUT2D eigenvalue weighted by atomic mass is 9.93. The van der Waals surface area contributed by atoms with Gasteiger partial charge in [-0.05, 0) is 25.0 Å². The lowest BCUT2D eigenvalue weighted by Gasteiger charge is -2.23. The van der Waals surface area contributed by atoms with E-state index in [9.17, 15) is 5.26 Å². The number of unbranched alkanes of at least 4 members (excludes halogenated alkanes) is 2. The summed E-state index contributed by atoms with van der Waals surface area (Å²) in [7, 11) is 0. The van der Waals surface area contributed by atoms with Crippen LogP contribution in [-0.4, -0.2) is 52.8 Å². The SMILES string of the molecule is CCCCOC[C@H]1O[C@@](C#N)(c2ccc3c(N)ncnn23)[C@H](F)[C@@H]1OCCCC. The highest BCUT2D eigenvalue weighted by Crippen LogP contribution is 2.43. The molecule has 0 saturated carbocycles. The van der Waals surface area contributed by atoms with Gasteiger partial charge in [-0.2, -0.15) is 10.4 Å². The number of alkyl halides is 1. The summed E-state index contributed by atoms with van der Waals surface area (Å²) < 4.78 is 34.6. The lowest BCUT2D eigenvalue weighted by Crippen LogP contribution is -2.39. The van der Waals surface area contributed by atoms with Crippen molar-refractivity contribution in [2.24, 2.45) is 0 Å². The topological polar surface area (TPSA) is 108 Å². The van der Waals surface area contributed by atoms with Gasteiger partial charge in [-0.3, -0.25) is 0 Å². The average molecular weight is 405 g/mol. The van der Waals surface area contributed by atoms with E-state index in [1.54, 1.807) is 12.1 Å². The van der Waals surface area contributed by atoms with E-state index in [2.05, 4.69) is 17.0 Å². The number of halogens is 1. The van der Waals surface area contributed by atoms with Crippen molar-refractivity contribution in [1.29, 1.82) is 5.26 Å². The van der Waals surface area contributed by atoms with Gasteiger partial charge >= 0.3 is 0 Å². The second-order valence-corrected chi connectivity index (χ2v) is 7.18. The van der Waals surface area contributed by atoms with Crippen LogP contribution in [0.2, 0.25) is 0 Å². The Bertz CT molecular complexity index is 854. The second-order valence-electron chi connectivity index (χ2n) is 7.18. The molecular formula is C20H28FN5O3. The Morgan fingerprint density at radius 3 is 2.79 bits per heavy atom. The first-order chi connectivity index (χ1) is 14.1. The minimum Gasteiger partial charge on any atom is -0.382 e. The highest BCUT2D eigenvalue weighted by Gasteiger charge is 2.59. The molecule has 1 fully saturated rings. The molecule has 2 N–H and O–H groups in total. The van der Waals surface area contributed by atoms with Crippen LogP contribution in [0.1, 0.15) is 45.2 Å². The van der Waals surface area contributed by atoms with Crippen molar-refractivity contribution in [2.45, 2.75) is 63.5 Å². The van der Waals surface area contributed by atoms with E-state index in [-0.39, 0.29) is 18.1 Å². The third-order valence-corrected chi connectivity index (χ3v) is 5.14. The number of nitrogens with two attached hydrogens (primary N) is 1. The van der Waals surface area contributed by atoms with Gasteiger partial charge in [0.25, 0.3) is 0 Å². The monoisotopic (exact) mass is 405 g/mol. The summed E-state index contributed by atoms with van der Waals surface area (Å²) in [5.74, 6) is 0.239. The van der Waals surface area contributed by atoms with Crippen LogP contribution >= 0.6 is 0 Å². The van der Waals surface area contributed by atoms with Crippen LogP contribution in [0.3, 0.4) is 0 Å². The number of hydrogen-bond donors (Lipinski definition) is 1. The standard InChI is InChI=1S/C20H28FN5O3/c1-3-5-9-27-11-15-17(28-10-6-4-2)18(21)20(12-22,29-15)16-8-7-14-19(23)24-13-25-26(14)16/h7-8,13,15,17-18H,3-6,9-11H2,1-2H3,(H2,23,24,25)/t15-,17-,18-,20+/m1/s1. The number of aromatic nitrogens is 3. The van der Waals surface area contributed by atoms with E-state index in [1.807, 2.05) is 13.0 Å². The average Bonchev–Trinajstić information content (AvgIpc) is 3.27. The predicted molar refractivity (Wildman–Crippen MR) is 105 cm³/mol. The number of nitrogens with zero attached hydrogens (tertiary/aromatic N) is 4. The summed E-state index contributed by atoms with van der Waals surface area (Å²) >= 11 is 0. The van der Waals surface area contributed by atoms with Gasteiger partial charge in [0.15, 0.2) is 12.0 Å². The Balaban J connectivity index is 1.92. The van der Waals surface area contributed by atoms with Crippen LogP contribution in [0, 0.1) is 11.3 Å². The van der Waals surface area contributed by atoms with Gasteiger partial charge in [0.2, 0.25) is 5.60 Å². The molecule has 4 atom stereocenters. The van der Waals surface area contributed by atoms with Crippen LogP contribution in [0.4, 0.5) is 10.2 Å². The number of ether oxygens (including phenoxy) is 3. The van der Waals surface area contributed by atoms with E-state index in [4.69, 9.17) is 19.9 Å². The van der Waals surface area contributed by atoms with Gasteiger partial charge < -0.3 is 19.9 Å². The molecule has 0 amide bonds. The first-order valence-electron chi connectivity index (χ1n) is 10.1. The zero-order valence-electron chi connectivity index (χ0n) is 16.9. The number of anilines is 1. The maximum Gasteiger partial charge on any atom is 0.231 e. The number of rotatable bonds is 10. The van der Waals surface area contributed by atoms with Crippen molar-refractivity contribution in [3.63, 3.8) is 0 Å². The number of hydrogen-bond acceptors (Lipinski definition) is 7. The largest absolute Gasteiger partial charge is 0.382 e. The Labute approximate surface area is 169 Å². The van der Waals surface area contributed by atoms with Crippen LogP contribution in [-0.2, 0) is 19.8 Å². The molecule has 1 aliphatic heterocycles. The molecule has 2 aromatic heterocycles. The maximum atomic E-state index is 15.7. The van der Waals surface area contributed by atoms with E-state index < -0.39 is 24.0 Å². The van der Waals surface area contributed by atoms with E-state index in [0.29, 0.717) is 18.7 Å². The number of fused-ring (bicyclic) bond motifs is 1. The molecule has 2 aromatic rings. The summed E-state index contributed by atoms with van der Waals surface area (Å²) in [6.45, 7) is 5.19. The van der Waals surface area contributed by atoms with E-state index >= 15 is 4.39 Å². The van der Waals surface area contributed by atoms with E-state index in [0.717, 1.165) is 25.7 Å². The molecule has 1 saturated heterocycles. The fraction of sp³-hybridized carbons (Fsp3) is 0.650. The summed E-state index contributed by atoms with van der Waals surface area (Å²) in [6.07, 6.45) is 1.55. The van der Waals surface area contributed by atoms with Crippen molar-refractivity contribution in [3.8, 4) is 6.07 Å². The molecule has 3 heterocycles. The number of nitriles is 1. The third kappa shape index (κ3) is 4.06. The molecule has 0 bridgehead atoms. The summed E-state index contributed by atoms with van der Waals surface area (Å²) in [5, 5.41) is 14.1. The van der Waals surface area contributed by atoms with Crippen molar-refractivity contribution in [3.05, 3.63) is 24.2 Å². The quantitative estimate of drug-likeness (QED) is 0.606. The molecular weight excluding hydrogens is 377 g/mol. The van der Waals surface area contributed by atoms with Gasteiger partial charge in [0.1, 0.15) is 30.1 Å². The summed E-state index contributed by atoms with van der Waals surface area (Å²) in [4.78, 5) is 3.94. The van der Waals surface area contributed by atoms with Crippen LogP contribution < -0.4 is 5.73 Å². The van der Waals surface area contributed by atoms with Crippen molar-refractivity contribution < 1.29 is 18.6 Å². The number of nitrogen functional groups attached to an aromatic ring is 1. The molecule has 158 valence electrons. The normalized spacial score (nSPS) is 26.8. The molecule has 0 spiro atoms. The molecule has 0 aliphatic carbocycles. The Hall–Kier alpha value is -2.28. The zero-order chi connectivity index (χ0) is 20.9. The first kappa shape index (κ1) is 21.4. The Kier molecular flexibility index (Phi) is 7.00. The summed E-state index contributed by atoms with van der Waals surface area (Å²) in [6, 6.07) is 5.29. The van der Waals surface area contributed by atoms with Gasteiger partial charge in [0.05, 0.1) is 12.3 Å². The van der Waals surface area contributed by atoms with Crippen LogP contribution in [0.25, 0.3) is 5.52 Å². The van der Waals surface area contributed by atoms with Gasteiger partial charge in [-0.25, -0.2) is 13.9 Å². The molecule has 29 heavy (non-hydrogen) atoms. The molecule has 9 heteroatoms. The predicted octanol–water partition coefficient (Wildman–Crippen LogP) is 2.77. The lowest BCUT2D eigenvalue weighted by molar-refractivity contribution is -0.0820. The second kappa shape index (κ2) is 9.48. The third-order valence-electron chi connectivity index (χ3n) is 5.14. The van der Waals surface area contributed by atoms with Crippen molar-refractivity contribution in [2.75, 3.05) is 25.6 Å². The molecule has 3 rings (SSSR count). The first-order valence-corrected chi connectivity index (χ1v) is 10.1. The van der Waals surface area contributed by atoms with Crippen molar-refractivity contribution >= 4 is 11.3 Å². The van der Waals surface area contributed by atoms with Crippen LogP contribution in [0.15, 0.2) is 18.5 Å².